The topological polar surface area (TPSA) is 68.0 Å². The van der Waals surface area contributed by atoms with Crippen LogP contribution in [-0.2, 0) is 0 Å². The number of hydrogen-bond acceptors (Lipinski definition) is 4. The van der Waals surface area contributed by atoms with Crippen LogP contribution in [0.1, 0.15) is 16.6 Å². The summed E-state index contributed by atoms with van der Waals surface area (Å²) in [5, 5.41) is 2.73. The highest BCUT2D eigenvalue weighted by molar-refractivity contribution is 7.21. The molecule has 0 radical (unpaired) electrons. The minimum absolute atomic E-state index is 0.127. The number of aromatic nitrogens is 1. The van der Waals surface area contributed by atoms with E-state index in [0.717, 1.165) is 4.70 Å². The Hall–Kier alpha value is -1.62. The second kappa shape index (κ2) is 3.86. The zero-order valence-corrected chi connectivity index (χ0v) is 9.10. The Kier molecular flexibility index (Phi) is 2.55. The maximum atomic E-state index is 11.6. The predicted molar refractivity (Wildman–Crippen MR) is 62.0 cm³/mol. The molecular weight excluding hydrogens is 210 g/mol. The van der Waals surface area contributed by atoms with E-state index in [0.29, 0.717) is 22.6 Å². The van der Waals surface area contributed by atoms with Crippen LogP contribution in [0.4, 0.5) is 5.69 Å². The van der Waals surface area contributed by atoms with Gasteiger partial charge in [0, 0.05) is 12.7 Å². The second-order valence-corrected chi connectivity index (χ2v) is 4.11. The van der Waals surface area contributed by atoms with Crippen molar-refractivity contribution >= 4 is 33.1 Å². The lowest BCUT2D eigenvalue weighted by atomic mass is 10.3. The number of nitrogens with two attached hydrogens (primary N) is 1. The summed E-state index contributed by atoms with van der Waals surface area (Å²) in [5.74, 6) is -0.127. The molecule has 4 nitrogen and oxygen atoms in total. The summed E-state index contributed by atoms with van der Waals surface area (Å²) in [6.07, 6.45) is 1.67. The van der Waals surface area contributed by atoms with Gasteiger partial charge in [-0.2, -0.15) is 0 Å². The van der Waals surface area contributed by atoms with Crippen molar-refractivity contribution < 1.29 is 4.79 Å². The van der Waals surface area contributed by atoms with Gasteiger partial charge in [0.25, 0.3) is 5.91 Å². The van der Waals surface area contributed by atoms with Crippen LogP contribution < -0.4 is 11.1 Å². The molecule has 0 aliphatic heterocycles. The molecule has 78 valence electrons. The lowest BCUT2D eigenvalue weighted by Gasteiger charge is -1.98. The van der Waals surface area contributed by atoms with Gasteiger partial charge in [0.05, 0.1) is 10.4 Å². The third-order valence-electron chi connectivity index (χ3n) is 2.03. The van der Waals surface area contributed by atoms with Crippen molar-refractivity contribution in [2.75, 3.05) is 12.3 Å². The first-order chi connectivity index (χ1) is 7.24. The normalized spacial score (nSPS) is 10.5. The van der Waals surface area contributed by atoms with Gasteiger partial charge in [-0.25, -0.2) is 0 Å². The number of nitrogen functional groups attached to an aromatic ring is 1. The van der Waals surface area contributed by atoms with E-state index >= 15 is 0 Å². The number of nitrogens with one attached hydrogen (secondary N) is 1. The van der Waals surface area contributed by atoms with Crippen molar-refractivity contribution in [2.24, 2.45) is 0 Å². The fourth-order valence-electron chi connectivity index (χ4n) is 1.36. The van der Waals surface area contributed by atoms with Gasteiger partial charge in [-0.1, -0.05) is 0 Å². The van der Waals surface area contributed by atoms with E-state index in [1.54, 1.807) is 6.20 Å². The summed E-state index contributed by atoms with van der Waals surface area (Å²) in [6, 6.07) is 3.74. The smallest absolute Gasteiger partial charge is 0.263 e. The molecule has 0 saturated heterocycles. The lowest BCUT2D eigenvalue weighted by Crippen LogP contribution is -2.22. The fourth-order valence-corrected chi connectivity index (χ4v) is 2.35. The Morgan fingerprint density at radius 3 is 3.13 bits per heavy atom. The summed E-state index contributed by atoms with van der Waals surface area (Å²) < 4.78 is 0.941. The summed E-state index contributed by atoms with van der Waals surface area (Å²) in [6.45, 7) is 2.47. The van der Waals surface area contributed by atoms with Crippen molar-refractivity contribution in [2.45, 2.75) is 6.92 Å². The maximum Gasteiger partial charge on any atom is 0.263 e. The minimum atomic E-state index is -0.127. The second-order valence-electron chi connectivity index (χ2n) is 3.05. The predicted octanol–water partition coefficient (Wildman–Crippen LogP) is 1.63. The van der Waals surface area contributed by atoms with Gasteiger partial charge in [0.1, 0.15) is 10.4 Å². The maximum absolute atomic E-state index is 11.6. The SMILES string of the molecule is CCNC(=O)c1sc2cccnc2c1N. The highest BCUT2D eigenvalue weighted by Crippen LogP contribution is 2.31. The molecule has 0 saturated carbocycles. The number of anilines is 1. The summed E-state index contributed by atoms with van der Waals surface area (Å²) in [7, 11) is 0. The van der Waals surface area contributed by atoms with Crippen LogP contribution in [0.25, 0.3) is 10.2 Å². The van der Waals surface area contributed by atoms with Crippen LogP contribution in [0.15, 0.2) is 18.3 Å². The van der Waals surface area contributed by atoms with Gasteiger partial charge in [-0.15, -0.1) is 11.3 Å². The summed E-state index contributed by atoms with van der Waals surface area (Å²) in [5.41, 5.74) is 7.04. The molecule has 0 aliphatic rings. The molecule has 0 aliphatic carbocycles. The monoisotopic (exact) mass is 221 g/mol. The molecule has 0 unspecified atom stereocenters. The van der Waals surface area contributed by atoms with Crippen LogP contribution in [0.3, 0.4) is 0 Å². The van der Waals surface area contributed by atoms with E-state index in [-0.39, 0.29) is 5.91 Å². The van der Waals surface area contributed by atoms with Crippen LogP contribution in [0, 0.1) is 0 Å². The van der Waals surface area contributed by atoms with Crippen molar-refractivity contribution in [3.8, 4) is 0 Å². The highest BCUT2D eigenvalue weighted by atomic mass is 32.1. The largest absolute Gasteiger partial charge is 0.396 e. The quantitative estimate of drug-likeness (QED) is 0.809. The van der Waals surface area contributed by atoms with Crippen LogP contribution in [-0.4, -0.2) is 17.4 Å². The molecule has 1 amide bonds. The van der Waals surface area contributed by atoms with Crippen LogP contribution in [0.5, 0.6) is 0 Å². The number of carbonyl (C=O) groups excluding carboxylic acids is 1. The Morgan fingerprint density at radius 1 is 1.67 bits per heavy atom. The Bertz CT molecular complexity index is 506. The van der Waals surface area contributed by atoms with Gasteiger partial charge in [0.2, 0.25) is 0 Å². The number of nitrogens with zero attached hydrogens (tertiary/aromatic N) is 1. The van der Waals surface area contributed by atoms with Gasteiger partial charge in [0.15, 0.2) is 0 Å². The summed E-state index contributed by atoms with van der Waals surface area (Å²) >= 11 is 1.37. The molecule has 3 N–H and O–H groups in total. The Balaban J connectivity index is 2.53. The molecular formula is C10H11N3OS. The molecule has 0 atom stereocenters. The number of thiophene rings is 1. The van der Waals surface area contributed by atoms with Crippen molar-refractivity contribution in [1.29, 1.82) is 0 Å². The molecule has 0 fully saturated rings. The molecule has 0 aromatic carbocycles. The number of rotatable bonds is 2. The lowest BCUT2D eigenvalue weighted by molar-refractivity contribution is 0.0960. The molecule has 0 bridgehead atoms. The van der Waals surface area contributed by atoms with E-state index in [1.165, 1.54) is 11.3 Å². The van der Waals surface area contributed by atoms with E-state index in [4.69, 9.17) is 5.73 Å². The van der Waals surface area contributed by atoms with Gasteiger partial charge in [-0.05, 0) is 19.1 Å². The number of fused-ring (bicyclic) bond motifs is 1. The standard InChI is InChI=1S/C10H11N3OS/c1-2-12-10(14)9-7(11)8-6(15-9)4-3-5-13-8/h3-5H,2,11H2,1H3,(H,12,14). The van der Waals surface area contributed by atoms with E-state index in [2.05, 4.69) is 10.3 Å². The van der Waals surface area contributed by atoms with E-state index < -0.39 is 0 Å². The molecule has 2 rings (SSSR count). The molecule has 2 heterocycles. The average molecular weight is 221 g/mol. The summed E-state index contributed by atoms with van der Waals surface area (Å²) in [4.78, 5) is 16.3. The molecule has 5 heteroatoms. The molecule has 2 aromatic rings. The fraction of sp³-hybridized carbons (Fsp3) is 0.200. The third-order valence-corrected chi connectivity index (χ3v) is 3.18. The number of pyridine rings is 1. The number of amides is 1. The number of hydrogen-bond donors (Lipinski definition) is 2. The van der Waals surface area contributed by atoms with E-state index in [1.807, 2.05) is 19.1 Å². The van der Waals surface area contributed by atoms with Crippen LogP contribution in [0.2, 0.25) is 0 Å². The van der Waals surface area contributed by atoms with Crippen LogP contribution >= 0.6 is 11.3 Å². The first-order valence-corrected chi connectivity index (χ1v) is 5.47. The molecule has 15 heavy (non-hydrogen) atoms. The zero-order chi connectivity index (χ0) is 10.8. The minimum Gasteiger partial charge on any atom is -0.396 e. The Morgan fingerprint density at radius 2 is 2.47 bits per heavy atom. The van der Waals surface area contributed by atoms with E-state index in [9.17, 15) is 4.79 Å². The van der Waals surface area contributed by atoms with Gasteiger partial charge in [-0.3, -0.25) is 9.78 Å². The Labute approximate surface area is 91.1 Å². The van der Waals surface area contributed by atoms with Crippen molar-refractivity contribution in [3.63, 3.8) is 0 Å². The van der Waals surface area contributed by atoms with Gasteiger partial charge < -0.3 is 11.1 Å². The first kappa shape index (κ1) is 9.92. The average Bonchev–Trinajstić information content (AvgIpc) is 2.57. The third kappa shape index (κ3) is 1.66. The van der Waals surface area contributed by atoms with Gasteiger partial charge >= 0.3 is 0 Å². The molecule has 2 aromatic heterocycles. The van der Waals surface area contributed by atoms with Crippen molar-refractivity contribution in [1.82, 2.24) is 10.3 Å². The zero-order valence-electron chi connectivity index (χ0n) is 8.28. The number of carbonyl (C=O) groups is 1. The highest BCUT2D eigenvalue weighted by Gasteiger charge is 2.15. The molecule has 0 spiro atoms. The van der Waals surface area contributed by atoms with Crippen molar-refractivity contribution in [3.05, 3.63) is 23.2 Å². The first-order valence-electron chi connectivity index (χ1n) is 4.65.